The molecule has 0 saturated carbocycles. The summed E-state index contributed by atoms with van der Waals surface area (Å²) in [6, 6.07) is 16.1. The maximum atomic E-state index is 12.0. The molecular formula is C19H18N4OS. The van der Waals surface area contributed by atoms with E-state index in [4.69, 9.17) is 9.97 Å². The van der Waals surface area contributed by atoms with Gasteiger partial charge in [-0.2, -0.15) is 0 Å². The molecule has 0 unspecified atom stereocenters. The van der Waals surface area contributed by atoms with E-state index in [2.05, 4.69) is 5.32 Å². The molecule has 0 bridgehead atoms. The van der Waals surface area contributed by atoms with Gasteiger partial charge in [-0.05, 0) is 38.1 Å². The van der Waals surface area contributed by atoms with Crippen molar-refractivity contribution < 1.29 is 4.79 Å². The highest BCUT2D eigenvalue weighted by atomic mass is 32.2. The Hall–Kier alpha value is -2.60. The number of para-hydroxylation sites is 3. The number of imidazole rings is 1. The molecule has 2 heterocycles. The van der Waals surface area contributed by atoms with Crippen LogP contribution in [0.2, 0.25) is 0 Å². The van der Waals surface area contributed by atoms with Gasteiger partial charge in [0, 0.05) is 11.4 Å². The molecule has 1 amide bonds. The summed E-state index contributed by atoms with van der Waals surface area (Å²) in [4.78, 5) is 21.6. The Bertz CT molecular complexity index is 1090. The van der Waals surface area contributed by atoms with Gasteiger partial charge in [-0.15, -0.1) is 0 Å². The first-order chi connectivity index (χ1) is 12.1. The van der Waals surface area contributed by atoms with Crippen molar-refractivity contribution in [3.05, 3.63) is 48.5 Å². The van der Waals surface area contributed by atoms with Crippen LogP contribution in [0.5, 0.6) is 0 Å². The molecule has 1 N–H and O–H groups in total. The van der Waals surface area contributed by atoms with Gasteiger partial charge in [0.25, 0.3) is 0 Å². The third-order valence-corrected chi connectivity index (χ3v) is 4.83. The smallest absolute Gasteiger partial charge is 0.230 e. The van der Waals surface area contributed by atoms with E-state index >= 15 is 0 Å². The lowest BCUT2D eigenvalue weighted by molar-refractivity contribution is -0.119. The van der Waals surface area contributed by atoms with Crippen LogP contribution in [0, 0.1) is 0 Å². The van der Waals surface area contributed by atoms with Crippen LogP contribution in [0.15, 0.2) is 53.7 Å². The highest BCUT2D eigenvalue weighted by Gasteiger charge is 2.15. The van der Waals surface area contributed by atoms with Gasteiger partial charge in [-0.1, -0.05) is 36.0 Å². The van der Waals surface area contributed by atoms with Gasteiger partial charge in [-0.25, -0.2) is 9.97 Å². The van der Waals surface area contributed by atoms with Gasteiger partial charge >= 0.3 is 0 Å². The van der Waals surface area contributed by atoms with Crippen LogP contribution in [-0.2, 0) is 4.79 Å². The first-order valence-electron chi connectivity index (χ1n) is 8.21. The number of carbonyl (C=O) groups is 1. The largest absolute Gasteiger partial charge is 0.353 e. The molecule has 6 heteroatoms. The first kappa shape index (κ1) is 15.9. The lowest BCUT2D eigenvalue weighted by Gasteiger charge is -2.10. The highest BCUT2D eigenvalue weighted by molar-refractivity contribution is 7.99. The van der Waals surface area contributed by atoms with Crippen LogP contribution < -0.4 is 5.32 Å². The van der Waals surface area contributed by atoms with E-state index in [-0.39, 0.29) is 11.9 Å². The minimum absolute atomic E-state index is 0.00697. The predicted octanol–water partition coefficient (Wildman–Crippen LogP) is 3.65. The van der Waals surface area contributed by atoms with E-state index in [0.717, 1.165) is 32.7 Å². The van der Waals surface area contributed by atoms with Crippen molar-refractivity contribution in [1.82, 2.24) is 19.7 Å². The number of thioether (sulfide) groups is 1. The fraction of sp³-hybridized carbons (Fsp3) is 0.211. The summed E-state index contributed by atoms with van der Waals surface area (Å²) in [5.74, 6) is 0.332. The third-order valence-electron chi connectivity index (χ3n) is 3.90. The molecule has 2 aromatic carbocycles. The maximum Gasteiger partial charge on any atom is 0.230 e. The van der Waals surface area contributed by atoms with Crippen molar-refractivity contribution in [1.29, 1.82) is 0 Å². The molecule has 4 rings (SSSR count). The Morgan fingerprint density at radius 2 is 1.80 bits per heavy atom. The van der Waals surface area contributed by atoms with Crippen molar-refractivity contribution in [2.75, 3.05) is 5.75 Å². The normalized spacial score (nSPS) is 11.6. The van der Waals surface area contributed by atoms with Crippen molar-refractivity contribution in [2.45, 2.75) is 25.0 Å². The van der Waals surface area contributed by atoms with Crippen molar-refractivity contribution >= 4 is 45.3 Å². The van der Waals surface area contributed by atoms with Gasteiger partial charge in [0.05, 0.1) is 22.3 Å². The summed E-state index contributed by atoms with van der Waals surface area (Å²) in [6.45, 7) is 3.91. The molecule has 0 aliphatic carbocycles. The Morgan fingerprint density at radius 1 is 1.08 bits per heavy atom. The van der Waals surface area contributed by atoms with E-state index in [1.165, 1.54) is 11.8 Å². The van der Waals surface area contributed by atoms with Gasteiger partial charge in [-0.3, -0.25) is 9.20 Å². The van der Waals surface area contributed by atoms with E-state index < -0.39 is 0 Å². The first-order valence-corrected chi connectivity index (χ1v) is 9.20. The zero-order valence-electron chi connectivity index (χ0n) is 14.1. The van der Waals surface area contributed by atoms with Crippen LogP contribution >= 0.6 is 11.8 Å². The standard InChI is InChI=1S/C19H18N4OS/c1-12(2)20-17(24)11-25-19-22-14-8-4-3-7-13(14)18-21-15-9-5-6-10-16(15)23(18)19/h3-10,12H,11H2,1-2H3,(H,20,24). The Balaban J connectivity index is 1.87. The molecule has 2 aromatic heterocycles. The molecule has 4 aromatic rings. The topological polar surface area (TPSA) is 59.3 Å². The Kier molecular flexibility index (Phi) is 4.05. The molecule has 0 fully saturated rings. The van der Waals surface area contributed by atoms with Crippen LogP contribution in [0.25, 0.3) is 27.6 Å². The number of nitrogens with one attached hydrogen (secondary N) is 1. The van der Waals surface area contributed by atoms with E-state index in [0.29, 0.717) is 5.75 Å². The van der Waals surface area contributed by atoms with Crippen molar-refractivity contribution in [3.8, 4) is 0 Å². The average Bonchev–Trinajstić information content (AvgIpc) is 2.99. The highest BCUT2D eigenvalue weighted by Crippen LogP contribution is 2.28. The Labute approximate surface area is 149 Å². The molecule has 0 saturated heterocycles. The van der Waals surface area contributed by atoms with E-state index in [9.17, 15) is 4.79 Å². The third kappa shape index (κ3) is 2.93. The summed E-state index contributed by atoms with van der Waals surface area (Å²) >= 11 is 1.43. The van der Waals surface area contributed by atoms with Gasteiger partial charge in [0.15, 0.2) is 5.16 Å². The molecule has 0 radical (unpaired) electrons. The summed E-state index contributed by atoms with van der Waals surface area (Å²) in [5.41, 5.74) is 3.69. The van der Waals surface area contributed by atoms with Crippen LogP contribution in [0.3, 0.4) is 0 Å². The zero-order chi connectivity index (χ0) is 17.4. The average molecular weight is 350 g/mol. The summed E-state index contributed by atoms with van der Waals surface area (Å²) in [5, 5.41) is 4.70. The lowest BCUT2D eigenvalue weighted by Crippen LogP contribution is -2.31. The second-order valence-corrected chi connectivity index (χ2v) is 7.12. The second kappa shape index (κ2) is 6.37. The fourth-order valence-electron chi connectivity index (χ4n) is 2.90. The monoisotopic (exact) mass is 350 g/mol. The van der Waals surface area contributed by atoms with Crippen molar-refractivity contribution in [3.63, 3.8) is 0 Å². The van der Waals surface area contributed by atoms with E-state index in [1.54, 1.807) is 0 Å². The number of benzene rings is 2. The number of hydrogen-bond acceptors (Lipinski definition) is 4. The molecule has 126 valence electrons. The second-order valence-electron chi connectivity index (χ2n) is 6.18. The number of amides is 1. The zero-order valence-corrected chi connectivity index (χ0v) is 14.9. The Morgan fingerprint density at radius 3 is 2.60 bits per heavy atom. The quantitative estimate of drug-likeness (QED) is 0.451. The maximum absolute atomic E-state index is 12.0. The molecule has 0 aliphatic heterocycles. The van der Waals surface area contributed by atoms with E-state index in [1.807, 2.05) is 66.8 Å². The summed E-state index contributed by atoms with van der Waals surface area (Å²) in [6.07, 6.45) is 0. The molecule has 25 heavy (non-hydrogen) atoms. The van der Waals surface area contributed by atoms with Crippen LogP contribution in [0.1, 0.15) is 13.8 Å². The lowest BCUT2D eigenvalue weighted by atomic mass is 10.2. The minimum atomic E-state index is 0.00697. The number of hydrogen-bond donors (Lipinski definition) is 1. The fourth-order valence-corrected chi connectivity index (χ4v) is 3.72. The van der Waals surface area contributed by atoms with Gasteiger partial charge < -0.3 is 5.32 Å². The number of nitrogens with zero attached hydrogens (tertiary/aromatic N) is 3. The predicted molar refractivity (Wildman–Crippen MR) is 102 cm³/mol. The van der Waals surface area contributed by atoms with Gasteiger partial charge in [0.1, 0.15) is 5.65 Å². The molecule has 0 aliphatic rings. The number of fused-ring (bicyclic) bond motifs is 5. The number of carbonyl (C=O) groups excluding carboxylic acids is 1. The SMILES string of the molecule is CC(C)NC(=O)CSc1nc2ccccc2c2nc3ccccc3n12. The molecular weight excluding hydrogens is 332 g/mol. The number of aromatic nitrogens is 3. The minimum Gasteiger partial charge on any atom is -0.353 e. The van der Waals surface area contributed by atoms with Gasteiger partial charge in [0.2, 0.25) is 5.91 Å². The summed E-state index contributed by atoms with van der Waals surface area (Å²) in [7, 11) is 0. The van der Waals surface area contributed by atoms with Crippen LogP contribution in [0.4, 0.5) is 0 Å². The number of rotatable bonds is 4. The van der Waals surface area contributed by atoms with Crippen molar-refractivity contribution in [2.24, 2.45) is 0 Å². The molecule has 0 atom stereocenters. The molecule has 5 nitrogen and oxygen atoms in total. The molecule has 0 spiro atoms. The van der Waals surface area contributed by atoms with Crippen LogP contribution in [-0.4, -0.2) is 32.1 Å². The summed E-state index contributed by atoms with van der Waals surface area (Å²) < 4.78 is 2.05.